The van der Waals surface area contributed by atoms with Crippen molar-refractivity contribution >= 4 is 0 Å². The van der Waals surface area contributed by atoms with Crippen LogP contribution in [0.4, 0.5) is 0 Å². The third kappa shape index (κ3) is 4.21. The van der Waals surface area contributed by atoms with Gasteiger partial charge in [-0.1, -0.05) is 70.0 Å². The lowest BCUT2D eigenvalue weighted by Crippen LogP contribution is -1.98. The van der Waals surface area contributed by atoms with Gasteiger partial charge in [-0.15, -0.1) is 0 Å². The zero-order valence-corrected chi connectivity index (χ0v) is 13.8. The first-order valence-electron chi connectivity index (χ1n) is 8.24. The van der Waals surface area contributed by atoms with Gasteiger partial charge in [-0.25, -0.2) is 0 Å². The molecular formula is C21H25N. The average molecular weight is 291 g/mol. The monoisotopic (exact) mass is 291 g/mol. The predicted molar refractivity (Wildman–Crippen MR) is 93.7 cm³/mol. The Bertz CT molecular complexity index is 616. The van der Waals surface area contributed by atoms with Crippen molar-refractivity contribution in [2.24, 2.45) is 5.92 Å². The molecule has 2 aromatic rings. The predicted octanol–water partition coefficient (Wildman–Crippen LogP) is 6.16. The summed E-state index contributed by atoms with van der Waals surface area (Å²) in [6.07, 6.45) is 3.82. The van der Waals surface area contributed by atoms with Gasteiger partial charge >= 0.3 is 0 Å². The molecule has 0 aliphatic heterocycles. The molecule has 0 bridgehead atoms. The van der Waals surface area contributed by atoms with E-state index in [-0.39, 0.29) is 0 Å². The Hall–Kier alpha value is -2.07. The molecule has 0 heterocycles. The lowest BCUT2D eigenvalue weighted by atomic mass is 9.90. The molecule has 0 aliphatic carbocycles. The number of hydrogen-bond acceptors (Lipinski definition) is 1. The molecule has 2 atom stereocenters. The molecular weight excluding hydrogens is 266 g/mol. The maximum Gasteiger partial charge on any atom is 0.0991 e. The van der Waals surface area contributed by atoms with Crippen LogP contribution in [0.1, 0.15) is 57.1 Å². The van der Waals surface area contributed by atoms with E-state index in [2.05, 4.69) is 51.1 Å². The third-order valence-corrected chi connectivity index (χ3v) is 4.62. The van der Waals surface area contributed by atoms with Crippen LogP contribution < -0.4 is 0 Å². The van der Waals surface area contributed by atoms with Crippen LogP contribution in [0.3, 0.4) is 0 Å². The molecule has 0 saturated carbocycles. The zero-order chi connectivity index (χ0) is 15.9. The Morgan fingerprint density at radius 2 is 1.41 bits per heavy atom. The summed E-state index contributed by atoms with van der Waals surface area (Å²) in [6, 6.07) is 18.8. The van der Waals surface area contributed by atoms with E-state index in [0.29, 0.717) is 11.5 Å². The number of rotatable bonds is 6. The van der Waals surface area contributed by atoms with Crippen molar-refractivity contribution in [1.82, 2.24) is 0 Å². The van der Waals surface area contributed by atoms with Crippen molar-refractivity contribution in [3.05, 3.63) is 59.7 Å². The Morgan fingerprint density at radius 1 is 0.864 bits per heavy atom. The smallest absolute Gasteiger partial charge is 0.0991 e. The number of nitriles is 1. The highest BCUT2D eigenvalue weighted by atomic mass is 14.2. The minimum atomic E-state index is 0.615. The van der Waals surface area contributed by atoms with Gasteiger partial charge in [-0.3, -0.25) is 0 Å². The van der Waals surface area contributed by atoms with Crippen molar-refractivity contribution < 1.29 is 0 Å². The van der Waals surface area contributed by atoms with Crippen molar-refractivity contribution in [3.63, 3.8) is 0 Å². The molecule has 0 N–H and O–H groups in total. The highest BCUT2D eigenvalue weighted by Gasteiger charge is 2.08. The summed E-state index contributed by atoms with van der Waals surface area (Å²) >= 11 is 0. The van der Waals surface area contributed by atoms with Gasteiger partial charge in [0.05, 0.1) is 11.6 Å². The van der Waals surface area contributed by atoms with E-state index in [4.69, 9.17) is 5.26 Å². The van der Waals surface area contributed by atoms with Gasteiger partial charge in [0, 0.05) is 0 Å². The molecule has 0 fully saturated rings. The first kappa shape index (κ1) is 16.3. The molecule has 0 amide bonds. The van der Waals surface area contributed by atoms with Gasteiger partial charge < -0.3 is 0 Å². The fraction of sp³-hybridized carbons (Fsp3) is 0.381. The molecule has 2 unspecified atom stereocenters. The lowest BCUT2D eigenvalue weighted by Gasteiger charge is -2.15. The second kappa shape index (κ2) is 7.80. The first-order valence-corrected chi connectivity index (χ1v) is 8.24. The summed E-state index contributed by atoms with van der Waals surface area (Å²) in [5.41, 5.74) is 4.50. The van der Waals surface area contributed by atoms with Crippen molar-refractivity contribution in [2.45, 2.75) is 46.0 Å². The molecule has 0 saturated heterocycles. The molecule has 114 valence electrons. The van der Waals surface area contributed by atoms with Gasteiger partial charge in [-0.05, 0) is 47.1 Å². The van der Waals surface area contributed by atoms with Crippen LogP contribution in [0, 0.1) is 17.2 Å². The van der Waals surface area contributed by atoms with Gasteiger partial charge in [0.2, 0.25) is 0 Å². The molecule has 2 aromatic carbocycles. The van der Waals surface area contributed by atoms with E-state index in [1.807, 2.05) is 24.3 Å². The fourth-order valence-corrected chi connectivity index (χ4v) is 2.65. The van der Waals surface area contributed by atoms with Gasteiger partial charge in [0.1, 0.15) is 0 Å². The van der Waals surface area contributed by atoms with E-state index < -0.39 is 0 Å². The number of nitrogens with zero attached hydrogens (tertiary/aromatic N) is 1. The summed E-state index contributed by atoms with van der Waals surface area (Å²) in [5.74, 6) is 1.43. The maximum atomic E-state index is 8.85. The Labute approximate surface area is 134 Å². The second-order valence-corrected chi connectivity index (χ2v) is 6.30. The minimum Gasteiger partial charge on any atom is -0.192 e. The Kier molecular flexibility index (Phi) is 5.78. The second-order valence-electron chi connectivity index (χ2n) is 6.30. The first-order chi connectivity index (χ1) is 10.6. The lowest BCUT2D eigenvalue weighted by molar-refractivity contribution is 0.470. The van der Waals surface area contributed by atoms with Crippen molar-refractivity contribution in [1.29, 1.82) is 5.26 Å². The van der Waals surface area contributed by atoms with Crippen LogP contribution in [0.2, 0.25) is 0 Å². The van der Waals surface area contributed by atoms with E-state index >= 15 is 0 Å². The summed E-state index contributed by atoms with van der Waals surface area (Å²) in [5, 5.41) is 8.85. The average Bonchev–Trinajstić information content (AvgIpc) is 2.59. The van der Waals surface area contributed by atoms with Gasteiger partial charge in [0.15, 0.2) is 0 Å². The summed E-state index contributed by atoms with van der Waals surface area (Å²) in [6.45, 7) is 6.92. The molecule has 1 nitrogen and oxygen atoms in total. The van der Waals surface area contributed by atoms with Crippen LogP contribution in [0.15, 0.2) is 48.5 Å². The quantitative estimate of drug-likeness (QED) is 0.625. The molecule has 22 heavy (non-hydrogen) atoms. The van der Waals surface area contributed by atoms with Crippen LogP contribution in [-0.4, -0.2) is 0 Å². The molecule has 2 rings (SSSR count). The summed E-state index contributed by atoms with van der Waals surface area (Å²) in [4.78, 5) is 0. The van der Waals surface area contributed by atoms with Crippen LogP contribution >= 0.6 is 0 Å². The zero-order valence-electron chi connectivity index (χ0n) is 13.8. The Balaban J connectivity index is 2.04. The largest absolute Gasteiger partial charge is 0.192 e. The molecule has 0 radical (unpaired) electrons. The third-order valence-electron chi connectivity index (χ3n) is 4.62. The van der Waals surface area contributed by atoms with Gasteiger partial charge in [-0.2, -0.15) is 5.26 Å². The fourth-order valence-electron chi connectivity index (χ4n) is 2.65. The molecule has 0 aliphatic rings. The molecule has 0 aromatic heterocycles. The topological polar surface area (TPSA) is 23.8 Å². The summed E-state index contributed by atoms with van der Waals surface area (Å²) < 4.78 is 0. The van der Waals surface area contributed by atoms with Crippen LogP contribution in [0.5, 0.6) is 0 Å². The van der Waals surface area contributed by atoms with Crippen molar-refractivity contribution in [3.8, 4) is 17.2 Å². The SMILES string of the molecule is CCC(C)CCC(C)c1ccc(-c2ccc(C#N)cc2)cc1. The van der Waals surface area contributed by atoms with E-state index in [1.54, 1.807) is 0 Å². The van der Waals surface area contributed by atoms with E-state index in [0.717, 1.165) is 11.5 Å². The number of benzene rings is 2. The highest BCUT2D eigenvalue weighted by Crippen LogP contribution is 2.27. The Morgan fingerprint density at radius 3 is 1.91 bits per heavy atom. The summed E-state index contributed by atoms with van der Waals surface area (Å²) in [7, 11) is 0. The number of hydrogen-bond donors (Lipinski definition) is 0. The molecule has 0 spiro atoms. The van der Waals surface area contributed by atoms with E-state index in [1.165, 1.54) is 30.4 Å². The van der Waals surface area contributed by atoms with Crippen LogP contribution in [-0.2, 0) is 0 Å². The van der Waals surface area contributed by atoms with Gasteiger partial charge in [0.25, 0.3) is 0 Å². The van der Waals surface area contributed by atoms with E-state index in [9.17, 15) is 0 Å². The maximum absolute atomic E-state index is 8.85. The normalized spacial score (nSPS) is 13.4. The standard InChI is InChI=1S/C21H25N/c1-4-16(2)5-6-17(3)19-11-13-21(14-12-19)20-9-7-18(15-22)8-10-20/h7-14,16-17H,4-6H2,1-3H3. The molecule has 1 heteroatoms. The minimum absolute atomic E-state index is 0.615. The highest BCUT2D eigenvalue weighted by molar-refractivity contribution is 5.64. The van der Waals surface area contributed by atoms with Crippen molar-refractivity contribution in [2.75, 3.05) is 0 Å². The van der Waals surface area contributed by atoms with Crippen LogP contribution in [0.25, 0.3) is 11.1 Å².